The molecule has 12 heavy (non-hydrogen) atoms. The van der Waals surface area contributed by atoms with Gasteiger partial charge in [0.25, 0.3) is 0 Å². The third kappa shape index (κ3) is 4.38. The van der Waals surface area contributed by atoms with Crippen LogP contribution >= 0.6 is 0 Å². The van der Waals surface area contributed by atoms with E-state index in [9.17, 15) is 4.79 Å². The summed E-state index contributed by atoms with van der Waals surface area (Å²) in [5, 5.41) is 11.1. The maximum Gasteiger partial charge on any atom is 0.322 e. The topological polar surface area (TPSA) is 49.3 Å². The first-order chi connectivity index (χ1) is 5.29. The molecule has 0 atom stereocenters. The van der Waals surface area contributed by atoms with E-state index in [-0.39, 0.29) is 36.1 Å². The Morgan fingerprint density at radius 2 is 1.92 bits per heavy atom. The summed E-state index contributed by atoms with van der Waals surface area (Å²) in [7, 11) is 0. The zero-order valence-corrected chi connectivity index (χ0v) is 8.95. The smallest absolute Gasteiger partial charge is 0.322 e. The molecule has 0 heterocycles. The van der Waals surface area contributed by atoms with Gasteiger partial charge in [-0.1, -0.05) is 18.2 Å². The minimum atomic E-state index is -0.853. The van der Waals surface area contributed by atoms with Crippen molar-refractivity contribution in [3.05, 3.63) is 30.3 Å². The van der Waals surface area contributed by atoms with Gasteiger partial charge < -0.3 is 10.4 Å². The molecule has 3 nitrogen and oxygen atoms in total. The van der Waals surface area contributed by atoms with E-state index in [1.165, 1.54) is 0 Å². The minimum Gasteiger partial charge on any atom is -0.480 e. The van der Waals surface area contributed by atoms with Crippen LogP contribution in [0.3, 0.4) is 0 Å². The molecule has 0 aromatic heterocycles. The van der Waals surface area contributed by atoms with Crippen LogP contribution in [0.2, 0.25) is 0 Å². The van der Waals surface area contributed by atoms with Gasteiger partial charge in [-0.25, -0.2) is 0 Å². The molecule has 0 saturated carbocycles. The van der Waals surface area contributed by atoms with E-state index in [2.05, 4.69) is 5.32 Å². The fraction of sp³-hybridized carbons (Fsp3) is 0.125. The number of hydrogen-bond acceptors (Lipinski definition) is 2. The second-order valence-electron chi connectivity index (χ2n) is 2.11. The van der Waals surface area contributed by atoms with Crippen LogP contribution in [0.1, 0.15) is 0 Å². The molecule has 0 fully saturated rings. The summed E-state index contributed by atoms with van der Waals surface area (Å²) < 4.78 is 0. The third-order valence-electron chi connectivity index (χ3n) is 1.22. The van der Waals surface area contributed by atoms with Crippen molar-refractivity contribution in [2.45, 2.75) is 0 Å². The summed E-state index contributed by atoms with van der Waals surface area (Å²) in [6.07, 6.45) is 0. The Morgan fingerprint density at radius 3 is 2.42 bits per heavy atom. The Bertz CT molecular complexity index is 238. The van der Waals surface area contributed by atoms with Crippen LogP contribution in [-0.2, 0) is 4.79 Å². The summed E-state index contributed by atoms with van der Waals surface area (Å²) in [6.45, 7) is -0.0377. The van der Waals surface area contributed by atoms with E-state index in [1.807, 2.05) is 30.3 Å². The molecular weight excluding hydrogens is 165 g/mol. The molecule has 0 aliphatic carbocycles. The van der Waals surface area contributed by atoms with Crippen LogP contribution in [0.4, 0.5) is 5.69 Å². The second-order valence-corrected chi connectivity index (χ2v) is 2.11. The van der Waals surface area contributed by atoms with Gasteiger partial charge in [-0.3, -0.25) is 4.79 Å². The average molecular weight is 174 g/mol. The number of nitrogens with one attached hydrogen (secondary N) is 1. The van der Waals surface area contributed by atoms with E-state index in [0.29, 0.717) is 0 Å². The quantitative estimate of drug-likeness (QED) is 0.666. The molecule has 0 aliphatic heterocycles. The molecule has 0 bridgehead atoms. The Kier molecular flexibility index (Phi) is 5.80. The number of para-hydroxylation sites is 1. The summed E-state index contributed by atoms with van der Waals surface area (Å²) >= 11 is 0. The molecular formula is C8H9NNaO2. The van der Waals surface area contributed by atoms with E-state index in [0.717, 1.165) is 5.69 Å². The molecule has 59 valence electrons. The molecule has 0 amide bonds. The van der Waals surface area contributed by atoms with Crippen molar-refractivity contribution in [3.63, 3.8) is 0 Å². The molecule has 0 spiro atoms. The van der Waals surface area contributed by atoms with Gasteiger partial charge in [0.15, 0.2) is 0 Å². The summed E-state index contributed by atoms with van der Waals surface area (Å²) in [5.41, 5.74) is 0.829. The monoisotopic (exact) mass is 174 g/mol. The zero-order valence-electron chi connectivity index (χ0n) is 6.95. The first-order valence-corrected chi connectivity index (χ1v) is 3.30. The van der Waals surface area contributed by atoms with Crippen molar-refractivity contribution in [2.24, 2.45) is 0 Å². The number of carboxylic acids is 1. The van der Waals surface area contributed by atoms with Crippen molar-refractivity contribution >= 4 is 41.2 Å². The van der Waals surface area contributed by atoms with Gasteiger partial charge in [0, 0.05) is 35.2 Å². The molecule has 0 saturated heterocycles. The standard InChI is InChI=1S/C8H9NO2.Na/c10-8(11)6-9-7-4-2-1-3-5-7;/h1-5,9H,6H2,(H,10,11);. The van der Waals surface area contributed by atoms with Gasteiger partial charge >= 0.3 is 5.97 Å². The summed E-state index contributed by atoms with van der Waals surface area (Å²) in [4.78, 5) is 10.1. The number of carbonyl (C=O) groups is 1. The number of hydrogen-bond donors (Lipinski definition) is 2. The number of rotatable bonds is 3. The predicted octanol–water partition coefficient (Wildman–Crippen LogP) is 0.802. The molecule has 1 rings (SSSR count). The molecule has 4 heteroatoms. The number of benzene rings is 1. The van der Waals surface area contributed by atoms with Gasteiger partial charge in [0.1, 0.15) is 6.54 Å². The number of anilines is 1. The molecule has 1 radical (unpaired) electrons. The molecule has 0 aliphatic rings. The molecule has 1 aromatic carbocycles. The van der Waals surface area contributed by atoms with Crippen LogP contribution in [0.25, 0.3) is 0 Å². The normalized spacial score (nSPS) is 8.33. The minimum absolute atomic E-state index is 0. The second kappa shape index (κ2) is 6.06. The number of carboxylic acid groups (broad SMARTS) is 1. The van der Waals surface area contributed by atoms with Crippen molar-refractivity contribution in [1.82, 2.24) is 0 Å². The predicted molar refractivity (Wildman–Crippen MR) is 48.3 cm³/mol. The van der Waals surface area contributed by atoms with Crippen molar-refractivity contribution in [2.75, 3.05) is 11.9 Å². The Labute approximate surface area is 93.1 Å². The fourth-order valence-corrected chi connectivity index (χ4v) is 0.734. The Morgan fingerprint density at radius 1 is 1.33 bits per heavy atom. The van der Waals surface area contributed by atoms with E-state index >= 15 is 0 Å². The Hall–Kier alpha value is -0.510. The van der Waals surface area contributed by atoms with Crippen molar-refractivity contribution in [1.29, 1.82) is 0 Å². The van der Waals surface area contributed by atoms with E-state index < -0.39 is 5.97 Å². The molecule has 0 unspecified atom stereocenters. The largest absolute Gasteiger partial charge is 0.480 e. The van der Waals surface area contributed by atoms with Crippen LogP contribution in [0.5, 0.6) is 0 Å². The van der Waals surface area contributed by atoms with Gasteiger partial charge in [0.05, 0.1) is 0 Å². The van der Waals surface area contributed by atoms with Gasteiger partial charge in [-0.2, -0.15) is 0 Å². The third-order valence-corrected chi connectivity index (χ3v) is 1.22. The summed E-state index contributed by atoms with van der Waals surface area (Å²) in [6, 6.07) is 9.23. The van der Waals surface area contributed by atoms with Crippen LogP contribution < -0.4 is 5.32 Å². The van der Waals surface area contributed by atoms with Crippen LogP contribution in [-0.4, -0.2) is 47.2 Å². The number of aliphatic carboxylic acids is 1. The first-order valence-electron chi connectivity index (χ1n) is 3.30. The molecule has 1 aromatic rings. The maximum absolute atomic E-state index is 10.1. The van der Waals surface area contributed by atoms with Crippen LogP contribution in [0, 0.1) is 0 Å². The molecule has 2 N–H and O–H groups in total. The fourth-order valence-electron chi connectivity index (χ4n) is 0.734. The van der Waals surface area contributed by atoms with Crippen molar-refractivity contribution in [3.8, 4) is 0 Å². The maximum atomic E-state index is 10.1. The average Bonchev–Trinajstić information content (AvgIpc) is 2.03. The van der Waals surface area contributed by atoms with Crippen molar-refractivity contribution < 1.29 is 9.90 Å². The Balaban J connectivity index is 0.00000121. The van der Waals surface area contributed by atoms with Gasteiger partial charge in [0.2, 0.25) is 0 Å². The van der Waals surface area contributed by atoms with Crippen LogP contribution in [0.15, 0.2) is 30.3 Å². The van der Waals surface area contributed by atoms with Gasteiger partial charge in [-0.15, -0.1) is 0 Å². The van der Waals surface area contributed by atoms with E-state index in [1.54, 1.807) is 0 Å². The SMILES string of the molecule is O=C(O)CNc1ccccc1.[Na]. The van der Waals surface area contributed by atoms with E-state index in [4.69, 9.17) is 5.11 Å². The van der Waals surface area contributed by atoms with Gasteiger partial charge in [-0.05, 0) is 12.1 Å². The first kappa shape index (κ1) is 11.5. The summed E-state index contributed by atoms with van der Waals surface area (Å²) in [5.74, 6) is -0.853. The zero-order chi connectivity index (χ0) is 8.10.